The Morgan fingerprint density at radius 2 is 1.94 bits per heavy atom. The van der Waals surface area contributed by atoms with Gasteiger partial charge in [-0.05, 0) is 43.4 Å². The standard InChI is InChI=1S/C15H24FNO/c1-10(2)15(7-8-18)17-12(4)13-6-5-11(3)14(16)9-13/h5-6,9-10,12,15,17-18H,7-8H2,1-4H3. The number of rotatable bonds is 6. The molecule has 0 fully saturated rings. The molecule has 2 atom stereocenters. The van der Waals surface area contributed by atoms with Crippen molar-refractivity contribution in [1.29, 1.82) is 0 Å². The minimum atomic E-state index is -0.163. The third-order valence-corrected chi connectivity index (χ3v) is 3.40. The molecule has 3 heteroatoms. The predicted octanol–water partition coefficient (Wildman–Crippen LogP) is 3.19. The number of hydrogen-bond donors (Lipinski definition) is 2. The lowest BCUT2D eigenvalue weighted by Gasteiger charge is -2.26. The van der Waals surface area contributed by atoms with Gasteiger partial charge in [0.15, 0.2) is 0 Å². The molecule has 0 bridgehead atoms. The van der Waals surface area contributed by atoms with Gasteiger partial charge in [-0.1, -0.05) is 26.0 Å². The molecule has 2 N–H and O–H groups in total. The molecule has 2 unspecified atom stereocenters. The second kappa shape index (κ2) is 6.86. The summed E-state index contributed by atoms with van der Waals surface area (Å²) in [6.07, 6.45) is 0.719. The lowest BCUT2D eigenvalue weighted by Crippen LogP contribution is -2.36. The zero-order valence-corrected chi connectivity index (χ0v) is 11.7. The van der Waals surface area contributed by atoms with Gasteiger partial charge >= 0.3 is 0 Å². The molecule has 0 aromatic heterocycles. The monoisotopic (exact) mass is 253 g/mol. The Morgan fingerprint density at radius 3 is 2.44 bits per heavy atom. The quantitative estimate of drug-likeness (QED) is 0.816. The zero-order chi connectivity index (χ0) is 13.7. The Labute approximate surface area is 109 Å². The number of aliphatic hydroxyl groups is 1. The third kappa shape index (κ3) is 4.07. The van der Waals surface area contributed by atoms with E-state index in [2.05, 4.69) is 19.2 Å². The van der Waals surface area contributed by atoms with Gasteiger partial charge in [0, 0.05) is 18.7 Å². The Balaban J connectivity index is 2.73. The zero-order valence-electron chi connectivity index (χ0n) is 11.7. The van der Waals surface area contributed by atoms with E-state index in [4.69, 9.17) is 5.11 Å². The molecule has 2 nitrogen and oxygen atoms in total. The van der Waals surface area contributed by atoms with Gasteiger partial charge in [0.2, 0.25) is 0 Å². The summed E-state index contributed by atoms with van der Waals surface area (Å²) in [5, 5.41) is 12.5. The summed E-state index contributed by atoms with van der Waals surface area (Å²) in [5.74, 6) is 0.277. The molecule has 1 rings (SSSR count). The number of halogens is 1. The number of hydrogen-bond acceptors (Lipinski definition) is 2. The topological polar surface area (TPSA) is 32.3 Å². The lowest BCUT2D eigenvalue weighted by atomic mass is 9.98. The average molecular weight is 253 g/mol. The molecule has 0 spiro atoms. The summed E-state index contributed by atoms with van der Waals surface area (Å²) in [5.41, 5.74) is 1.61. The van der Waals surface area contributed by atoms with Crippen LogP contribution in [0.2, 0.25) is 0 Å². The first-order valence-corrected chi connectivity index (χ1v) is 6.58. The van der Waals surface area contributed by atoms with Crippen molar-refractivity contribution in [2.75, 3.05) is 6.61 Å². The molecular formula is C15H24FNO. The fourth-order valence-corrected chi connectivity index (χ4v) is 2.04. The summed E-state index contributed by atoms with van der Waals surface area (Å²) in [6, 6.07) is 5.67. The van der Waals surface area contributed by atoms with Crippen LogP contribution in [0.15, 0.2) is 18.2 Å². The molecule has 1 aromatic rings. The molecule has 18 heavy (non-hydrogen) atoms. The van der Waals surface area contributed by atoms with Crippen molar-refractivity contribution in [3.05, 3.63) is 35.1 Å². The van der Waals surface area contributed by atoms with Crippen molar-refractivity contribution in [2.24, 2.45) is 5.92 Å². The predicted molar refractivity (Wildman–Crippen MR) is 73.0 cm³/mol. The fraction of sp³-hybridized carbons (Fsp3) is 0.600. The van der Waals surface area contributed by atoms with Crippen molar-refractivity contribution >= 4 is 0 Å². The van der Waals surface area contributed by atoms with Crippen LogP contribution in [0.4, 0.5) is 4.39 Å². The first kappa shape index (κ1) is 15.1. The Morgan fingerprint density at radius 1 is 1.28 bits per heavy atom. The van der Waals surface area contributed by atoms with Crippen molar-refractivity contribution in [3.63, 3.8) is 0 Å². The van der Waals surface area contributed by atoms with Crippen LogP contribution >= 0.6 is 0 Å². The largest absolute Gasteiger partial charge is 0.396 e. The van der Waals surface area contributed by atoms with Gasteiger partial charge in [-0.2, -0.15) is 0 Å². The number of aryl methyl sites for hydroxylation is 1. The SMILES string of the molecule is Cc1ccc(C(C)NC(CCO)C(C)C)cc1F. The van der Waals surface area contributed by atoms with Gasteiger partial charge in [0.1, 0.15) is 5.82 Å². The van der Waals surface area contributed by atoms with E-state index in [1.165, 1.54) is 0 Å². The highest BCUT2D eigenvalue weighted by Crippen LogP contribution is 2.19. The highest BCUT2D eigenvalue weighted by Gasteiger charge is 2.16. The molecule has 0 saturated carbocycles. The second-order valence-electron chi connectivity index (χ2n) is 5.26. The molecule has 0 aliphatic rings. The van der Waals surface area contributed by atoms with Crippen LogP contribution in [0.1, 0.15) is 44.4 Å². The van der Waals surface area contributed by atoms with Crippen molar-refractivity contribution in [1.82, 2.24) is 5.32 Å². The van der Waals surface area contributed by atoms with Gasteiger partial charge in [0.05, 0.1) is 0 Å². The summed E-state index contributed by atoms with van der Waals surface area (Å²) < 4.78 is 13.5. The Kier molecular flexibility index (Phi) is 5.76. The van der Waals surface area contributed by atoms with Crippen LogP contribution in [0.3, 0.4) is 0 Å². The maximum absolute atomic E-state index is 13.5. The van der Waals surface area contributed by atoms with Gasteiger partial charge in [-0.25, -0.2) is 4.39 Å². The summed E-state index contributed by atoms with van der Waals surface area (Å²) >= 11 is 0. The highest BCUT2D eigenvalue weighted by atomic mass is 19.1. The highest BCUT2D eigenvalue weighted by molar-refractivity contribution is 5.25. The van der Waals surface area contributed by atoms with Crippen LogP contribution < -0.4 is 5.32 Å². The van der Waals surface area contributed by atoms with Gasteiger partial charge in [-0.15, -0.1) is 0 Å². The van der Waals surface area contributed by atoms with Crippen molar-refractivity contribution in [2.45, 2.75) is 46.2 Å². The fourth-order valence-electron chi connectivity index (χ4n) is 2.04. The number of aliphatic hydroxyl groups excluding tert-OH is 1. The smallest absolute Gasteiger partial charge is 0.126 e. The van der Waals surface area contributed by atoms with E-state index < -0.39 is 0 Å². The maximum atomic E-state index is 13.5. The van der Waals surface area contributed by atoms with Gasteiger partial charge in [0.25, 0.3) is 0 Å². The summed E-state index contributed by atoms with van der Waals surface area (Å²) in [6.45, 7) is 8.20. The second-order valence-corrected chi connectivity index (χ2v) is 5.26. The summed E-state index contributed by atoms with van der Waals surface area (Å²) in [4.78, 5) is 0. The van der Waals surface area contributed by atoms with E-state index in [0.29, 0.717) is 11.5 Å². The van der Waals surface area contributed by atoms with E-state index >= 15 is 0 Å². The number of nitrogens with one attached hydrogen (secondary N) is 1. The number of benzene rings is 1. The summed E-state index contributed by atoms with van der Waals surface area (Å²) in [7, 11) is 0. The van der Waals surface area contributed by atoms with Crippen molar-refractivity contribution < 1.29 is 9.50 Å². The molecule has 0 aliphatic heterocycles. The molecule has 102 valence electrons. The van der Waals surface area contributed by atoms with Crippen LogP contribution in [-0.2, 0) is 0 Å². The van der Waals surface area contributed by atoms with E-state index in [1.807, 2.05) is 13.0 Å². The molecule has 0 heterocycles. The van der Waals surface area contributed by atoms with E-state index in [1.54, 1.807) is 19.1 Å². The van der Waals surface area contributed by atoms with Gasteiger partial charge in [-0.3, -0.25) is 0 Å². The minimum Gasteiger partial charge on any atom is -0.396 e. The molecule has 0 aliphatic carbocycles. The molecule has 0 radical (unpaired) electrons. The lowest BCUT2D eigenvalue weighted by molar-refractivity contribution is 0.237. The third-order valence-electron chi connectivity index (χ3n) is 3.40. The van der Waals surface area contributed by atoms with E-state index in [-0.39, 0.29) is 24.5 Å². The first-order valence-electron chi connectivity index (χ1n) is 6.58. The first-order chi connectivity index (χ1) is 8.45. The average Bonchev–Trinajstić information content (AvgIpc) is 2.31. The maximum Gasteiger partial charge on any atom is 0.126 e. The van der Waals surface area contributed by atoms with Crippen LogP contribution in [0.5, 0.6) is 0 Å². The Hall–Kier alpha value is -0.930. The van der Waals surface area contributed by atoms with E-state index in [9.17, 15) is 4.39 Å². The van der Waals surface area contributed by atoms with Gasteiger partial charge < -0.3 is 10.4 Å². The molecule has 0 amide bonds. The van der Waals surface area contributed by atoms with Crippen molar-refractivity contribution in [3.8, 4) is 0 Å². The van der Waals surface area contributed by atoms with Crippen LogP contribution in [0, 0.1) is 18.7 Å². The van der Waals surface area contributed by atoms with Crippen LogP contribution in [-0.4, -0.2) is 17.8 Å². The Bertz CT molecular complexity index is 379. The minimum absolute atomic E-state index is 0.0825. The van der Waals surface area contributed by atoms with Crippen LogP contribution in [0.25, 0.3) is 0 Å². The van der Waals surface area contributed by atoms with E-state index in [0.717, 1.165) is 12.0 Å². The molecule has 0 saturated heterocycles. The molecular weight excluding hydrogens is 229 g/mol. The normalized spacial score (nSPS) is 14.8. The molecule has 1 aromatic carbocycles.